The first-order valence-electron chi connectivity index (χ1n) is 8.81. The summed E-state index contributed by atoms with van der Waals surface area (Å²) in [4.78, 5) is 12.5. The number of furan rings is 1. The maximum atomic E-state index is 13.3. The van der Waals surface area contributed by atoms with Crippen molar-refractivity contribution in [2.45, 2.75) is 19.9 Å². The molecule has 0 radical (unpaired) electrons. The van der Waals surface area contributed by atoms with Gasteiger partial charge in [0.1, 0.15) is 22.9 Å². The monoisotopic (exact) mass is 420 g/mol. The highest BCUT2D eigenvalue weighted by molar-refractivity contribution is 7.92. The van der Waals surface area contributed by atoms with Gasteiger partial charge in [0, 0.05) is 30.1 Å². The standard InChI is InChI=1S/C20H21FN2O5S/c1-11(2)23(29(4,26)27)15-10-17-14(9-16(15)24)18(20(25)22-3)19(28-17)12-5-7-13(21)8-6-12/h5-11,24H,1-4H3,(H,22,25). The molecular formula is C20H21FN2O5S. The number of phenols is 1. The Kier molecular flexibility index (Phi) is 5.27. The summed E-state index contributed by atoms with van der Waals surface area (Å²) in [7, 11) is -2.23. The summed E-state index contributed by atoms with van der Waals surface area (Å²) in [5.41, 5.74) is 0.875. The zero-order valence-electron chi connectivity index (χ0n) is 16.4. The third-order valence-corrected chi connectivity index (χ3v) is 5.74. The van der Waals surface area contributed by atoms with E-state index < -0.39 is 27.8 Å². The lowest BCUT2D eigenvalue weighted by molar-refractivity contribution is 0.0964. The van der Waals surface area contributed by atoms with Gasteiger partial charge in [0.15, 0.2) is 0 Å². The van der Waals surface area contributed by atoms with Gasteiger partial charge in [0.2, 0.25) is 10.0 Å². The van der Waals surface area contributed by atoms with Gasteiger partial charge in [-0.3, -0.25) is 9.10 Å². The van der Waals surface area contributed by atoms with Gasteiger partial charge in [-0.25, -0.2) is 12.8 Å². The molecule has 0 saturated carbocycles. The van der Waals surface area contributed by atoms with Gasteiger partial charge in [-0.1, -0.05) is 0 Å². The Labute approximate surface area is 167 Å². The number of carbonyl (C=O) groups excluding carboxylic acids is 1. The molecule has 0 saturated heterocycles. The number of nitrogens with one attached hydrogen (secondary N) is 1. The first-order valence-corrected chi connectivity index (χ1v) is 10.7. The van der Waals surface area contributed by atoms with Crippen molar-refractivity contribution >= 4 is 32.6 Å². The van der Waals surface area contributed by atoms with E-state index in [0.717, 1.165) is 10.6 Å². The normalized spacial score (nSPS) is 11.8. The van der Waals surface area contributed by atoms with Gasteiger partial charge in [-0.05, 0) is 44.2 Å². The van der Waals surface area contributed by atoms with Crippen molar-refractivity contribution in [3.63, 3.8) is 0 Å². The van der Waals surface area contributed by atoms with Crippen LogP contribution >= 0.6 is 0 Å². The van der Waals surface area contributed by atoms with Crippen LogP contribution in [0, 0.1) is 5.82 Å². The molecule has 2 aromatic carbocycles. The number of aromatic hydroxyl groups is 1. The highest BCUT2D eigenvalue weighted by atomic mass is 32.2. The minimum atomic E-state index is -3.68. The second-order valence-electron chi connectivity index (χ2n) is 6.88. The summed E-state index contributed by atoms with van der Waals surface area (Å²) in [6.45, 7) is 3.35. The highest BCUT2D eigenvalue weighted by Crippen LogP contribution is 2.41. The minimum absolute atomic E-state index is 0.0397. The van der Waals surface area contributed by atoms with Crippen molar-refractivity contribution in [3.05, 3.63) is 47.8 Å². The first kappa shape index (κ1) is 20.7. The summed E-state index contributed by atoms with van der Waals surface area (Å²) >= 11 is 0. The van der Waals surface area contributed by atoms with Crippen LogP contribution < -0.4 is 9.62 Å². The van der Waals surface area contributed by atoms with Crippen LogP contribution in [0.15, 0.2) is 40.8 Å². The second-order valence-corrected chi connectivity index (χ2v) is 8.74. The van der Waals surface area contributed by atoms with E-state index in [0.29, 0.717) is 10.9 Å². The fraction of sp³-hybridized carbons (Fsp3) is 0.250. The van der Waals surface area contributed by atoms with Crippen molar-refractivity contribution < 1.29 is 27.1 Å². The fourth-order valence-electron chi connectivity index (χ4n) is 3.29. The lowest BCUT2D eigenvalue weighted by Crippen LogP contribution is -2.36. The molecule has 1 heterocycles. The largest absolute Gasteiger partial charge is 0.506 e. The maximum absolute atomic E-state index is 13.3. The molecule has 0 aliphatic heterocycles. The third kappa shape index (κ3) is 3.77. The summed E-state index contributed by atoms with van der Waals surface area (Å²) < 4.78 is 44.7. The average molecular weight is 420 g/mol. The molecule has 29 heavy (non-hydrogen) atoms. The SMILES string of the molecule is CNC(=O)c1c(-c2ccc(F)cc2)oc2cc(N(C(C)C)S(C)(=O)=O)c(O)cc12. The Morgan fingerprint density at radius 2 is 1.83 bits per heavy atom. The summed E-state index contributed by atoms with van der Waals surface area (Å²) in [5.74, 6) is -1.02. The van der Waals surface area contributed by atoms with Crippen LogP contribution in [-0.2, 0) is 10.0 Å². The van der Waals surface area contributed by atoms with Crippen molar-refractivity contribution in [2.24, 2.45) is 0 Å². The number of sulfonamides is 1. The predicted octanol–water partition coefficient (Wildman–Crippen LogP) is 3.48. The van der Waals surface area contributed by atoms with Crippen molar-refractivity contribution in [1.29, 1.82) is 0 Å². The molecule has 0 aliphatic carbocycles. The first-order chi connectivity index (χ1) is 13.5. The number of amides is 1. The number of halogens is 1. The van der Waals surface area contributed by atoms with Gasteiger partial charge in [-0.15, -0.1) is 0 Å². The fourth-order valence-corrected chi connectivity index (χ4v) is 4.56. The predicted molar refractivity (Wildman–Crippen MR) is 109 cm³/mol. The third-order valence-electron chi connectivity index (χ3n) is 4.41. The van der Waals surface area contributed by atoms with Crippen molar-refractivity contribution in [3.8, 4) is 17.1 Å². The Morgan fingerprint density at radius 1 is 1.21 bits per heavy atom. The summed E-state index contributed by atoms with van der Waals surface area (Å²) in [6.07, 6.45) is 1.04. The number of carbonyl (C=O) groups is 1. The van der Waals surface area contributed by atoms with Gasteiger partial charge in [0.25, 0.3) is 5.91 Å². The highest BCUT2D eigenvalue weighted by Gasteiger charge is 2.28. The minimum Gasteiger partial charge on any atom is -0.506 e. The van der Waals surface area contributed by atoms with Crippen molar-refractivity contribution in [2.75, 3.05) is 17.6 Å². The van der Waals surface area contributed by atoms with Crippen LogP contribution in [0.2, 0.25) is 0 Å². The molecule has 7 nitrogen and oxygen atoms in total. The van der Waals surface area contributed by atoms with Crippen LogP contribution in [-0.4, -0.2) is 38.8 Å². The van der Waals surface area contributed by atoms with Crippen LogP contribution in [0.5, 0.6) is 5.75 Å². The molecule has 2 N–H and O–H groups in total. The molecule has 0 bridgehead atoms. The molecule has 154 valence electrons. The number of anilines is 1. The lowest BCUT2D eigenvalue weighted by Gasteiger charge is -2.26. The molecule has 0 fully saturated rings. The van der Waals surface area contributed by atoms with E-state index in [-0.39, 0.29) is 28.3 Å². The van der Waals surface area contributed by atoms with E-state index >= 15 is 0 Å². The zero-order valence-corrected chi connectivity index (χ0v) is 17.2. The average Bonchev–Trinajstić information content (AvgIpc) is 2.98. The molecule has 1 aromatic heterocycles. The molecule has 0 unspecified atom stereocenters. The number of hydrogen-bond donors (Lipinski definition) is 2. The Bertz CT molecular complexity index is 1180. The van der Waals surface area contributed by atoms with Crippen LogP contribution in [0.4, 0.5) is 10.1 Å². The zero-order chi connectivity index (χ0) is 21.5. The number of phenolic OH excluding ortho intramolecular Hbond substituents is 1. The lowest BCUT2D eigenvalue weighted by atomic mass is 10.0. The van der Waals surface area contributed by atoms with Crippen LogP contribution in [0.3, 0.4) is 0 Å². The Balaban J connectivity index is 2.32. The molecule has 3 rings (SSSR count). The van der Waals surface area contributed by atoms with Gasteiger partial charge in [0.05, 0.1) is 17.5 Å². The van der Waals surface area contributed by atoms with Gasteiger partial charge < -0.3 is 14.8 Å². The summed E-state index contributed by atoms with van der Waals surface area (Å²) in [5, 5.41) is 13.4. The van der Waals surface area contributed by atoms with Gasteiger partial charge in [-0.2, -0.15) is 0 Å². The molecule has 1 amide bonds. The number of hydrogen-bond acceptors (Lipinski definition) is 5. The Hall–Kier alpha value is -3.07. The smallest absolute Gasteiger partial charge is 0.255 e. The second kappa shape index (κ2) is 7.40. The van der Waals surface area contributed by atoms with E-state index in [2.05, 4.69) is 5.32 Å². The van der Waals surface area contributed by atoms with E-state index in [1.165, 1.54) is 43.4 Å². The van der Waals surface area contributed by atoms with Crippen molar-refractivity contribution in [1.82, 2.24) is 5.32 Å². The number of nitrogens with zero attached hydrogens (tertiary/aromatic N) is 1. The van der Waals surface area contributed by atoms with Gasteiger partial charge >= 0.3 is 0 Å². The molecule has 3 aromatic rings. The van der Waals surface area contributed by atoms with E-state index in [1.807, 2.05) is 0 Å². The molecule has 0 aliphatic rings. The maximum Gasteiger partial charge on any atom is 0.255 e. The molecule has 0 atom stereocenters. The Morgan fingerprint density at radius 3 is 2.34 bits per heavy atom. The molecular weight excluding hydrogens is 399 g/mol. The van der Waals surface area contributed by atoms with E-state index in [9.17, 15) is 22.7 Å². The van der Waals surface area contributed by atoms with E-state index in [1.54, 1.807) is 13.8 Å². The van der Waals surface area contributed by atoms with E-state index in [4.69, 9.17) is 4.42 Å². The topological polar surface area (TPSA) is 99.9 Å². The van der Waals surface area contributed by atoms with Crippen LogP contribution in [0.25, 0.3) is 22.3 Å². The summed E-state index contributed by atoms with van der Waals surface area (Å²) in [6, 6.07) is 7.64. The number of rotatable bonds is 5. The quantitative estimate of drug-likeness (QED) is 0.658. The molecule has 0 spiro atoms. The number of fused-ring (bicyclic) bond motifs is 1. The van der Waals surface area contributed by atoms with Crippen LogP contribution in [0.1, 0.15) is 24.2 Å². The molecule has 9 heteroatoms. The number of benzene rings is 2.